The van der Waals surface area contributed by atoms with E-state index in [0.29, 0.717) is 35.4 Å². The highest BCUT2D eigenvalue weighted by Crippen LogP contribution is 2.53. The van der Waals surface area contributed by atoms with Gasteiger partial charge in [0.1, 0.15) is 11.3 Å². The molecule has 8 rings (SSSR count). The summed E-state index contributed by atoms with van der Waals surface area (Å²) >= 11 is 1.63. The van der Waals surface area contributed by atoms with E-state index in [0.717, 1.165) is 67.3 Å². The molecule has 2 saturated heterocycles. The summed E-state index contributed by atoms with van der Waals surface area (Å²) in [6, 6.07) is 7.10. The molecule has 0 bridgehead atoms. The van der Waals surface area contributed by atoms with Crippen molar-refractivity contribution >= 4 is 40.1 Å². The summed E-state index contributed by atoms with van der Waals surface area (Å²) in [5, 5.41) is 6.70. The minimum atomic E-state index is -0.160. The van der Waals surface area contributed by atoms with Crippen molar-refractivity contribution in [3.63, 3.8) is 0 Å². The normalized spacial score (nSPS) is 23.1. The number of imide groups is 1. The number of aryl methyl sites for hydroxylation is 2. The first-order valence-electron chi connectivity index (χ1n) is 15.9. The van der Waals surface area contributed by atoms with E-state index in [1.807, 2.05) is 75.4 Å². The Morgan fingerprint density at radius 3 is 2.18 bits per heavy atom. The van der Waals surface area contributed by atoms with Gasteiger partial charge in [-0.1, -0.05) is 39.8 Å². The number of anilines is 1. The molecule has 0 spiro atoms. The van der Waals surface area contributed by atoms with Crippen LogP contribution in [-0.2, 0) is 4.74 Å². The summed E-state index contributed by atoms with van der Waals surface area (Å²) in [6.45, 7) is 14.9. The van der Waals surface area contributed by atoms with E-state index >= 15 is 0 Å². The first kappa shape index (κ1) is 31.7. The van der Waals surface area contributed by atoms with Gasteiger partial charge in [0.15, 0.2) is 11.9 Å². The van der Waals surface area contributed by atoms with Crippen molar-refractivity contribution in [2.75, 3.05) is 31.1 Å². The minimum Gasteiger partial charge on any atom is -0.356 e. The van der Waals surface area contributed by atoms with Gasteiger partial charge in [0.25, 0.3) is 11.8 Å². The van der Waals surface area contributed by atoms with Crippen LogP contribution in [0.1, 0.15) is 85.3 Å². The number of hydrogen-bond acceptors (Lipinski definition) is 9. The van der Waals surface area contributed by atoms with Gasteiger partial charge >= 0.3 is 0 Å². The monoisotopic (exact) mass is 617 g/mol. The van der Waals surface area contributed by atoms with Crippen LogP contribution in [0.15, 0.2) is 41.4 Å². The van der Waals surface area contributed by atoms with Gasteiger partial charge in [0, 0.05) is 37.3 Å². The number of ether oxygens (including phenoxy) is 1. The second-order valence-corrected chi connectivity index (χ2v) is 11.8. The average molecular weight is 618 g/mol. The van der Waals surface area contributed by atoms with Crippen LogP contribution >= 0.6 is 11.3 Å². The molecule has 2 amide bonds. The SMILES string of the molecule is CC.CC.Cc1cscn1.Cc1nn(C2CCCCO2)c2nc(N3CC4C(CN5C(=O)c6ccccc6C5=O)C4C3)cnc12. The number of aromatic nitrogens is 5. The van der Waals surface area contributed by atoms with Gasteiger partial charge in [-0.05, 0) is 63.0 Å². The molecule has 3 unspecified atom stereocenters. The Morgan fingerprint density at radius 2 is 1.64 bits per heavy atom. The smallest absolute Gasteiger partial charge is 0.261 e. The number of rotatable bonds is 4. The third kappa shape index (κ3) is 6.12. The number of nitrogens with zero attached hydrogens (tertiary/aromatic N) is 7. The lowest BCUT2D eigenvalue weighted by atomic mass is 10.1. The highest BCUT2D eigenvalue weighted by molar-refractivity contribution is 7.07. The van der Waals surface area contributed by atoms with Crippen LogP contribution in [0, 0.1) is 31.6 Å². The highest BCUT2D eigenvalue weighted by Gasteiger charge is 2.57. The lowest BCUT2D eigenvalue weighted by Crippen LogP contribution is -2.34. The van der Waals surface area contributed by atoms with Crippen LogP contribution in [0.25, 0.3) is 11.2 Å². The van der Waals surface area contributed by atoms with Crippen molar-refractivity contribution in [3.05, 3.63) is 63.9 Å². The van der Waals surface area contributed by atoms with Crippen LogP contribution in [0.2, 0.25) is 0 Å². The Kier molecular flexibility index (Phi) is 10.1. The number of piperidine rings is 1. The van der Waals surface area contributed by atoms with E-state index in [4.69, 9.17) is 9.72 Å². The van der Waals surface area contributed by atoms with Crippen molar-refractivity contribution in [3.8, 4) is 0 Å². The standard InChI is InChI=1S/C25H26N6O3.C4H5NS.2C2H6/c1-14-22-23(31(28-14)21-8-4-5-9-34-21)27-20(10-26-22)29-11-17-18(12-29)19(17)13-30-24(32)15-6-2-3-7-16(15)25(30)33;1-4-2-6-3-5-4;2*1-2/h2-3,6-7,10,17-19,21H,4-5,8-9,11-13H2,1H3;2-3H,1H3;2*1-2H3. The Bertz CT molecular complexity index is 1530. The zero-order valence-corrected chi connectivity index (χ0v) is 27.4. The maximum absolute atomic E-state index is 12.7. The van der Waals surface area contributed by atoms with Gasteiger partial charge in [-0.15, -0.1) is 11.3 Å². The zero-order valence-electron chi connectivity index (χ0n) is 26.6. The molecule has 0 N–H and O–H groups in total. The van der Waals surface area contributed by atoms with E-state index in [1.165, 1.54) is 4.90 Å². The molecule has 1 saturated carbocycles. The largest absolute Gasteiger partial charge is 0.356 e. The molecular formula is C33H43N7O3S. The second-order valence-electron chi connectivity index (χ2n) is 11.0. The second kappa shape index (κ2) is 13.9. The number of hydrogen-bond donors (Lipinski definition) is 0. The predicted molar refractivity (Wildman–Crippen MR) is 173 cm³/mol. The molecule has 11 heteroatoms. The predicted octanol–water partition coefficient (Wildman–Crippen LogP) is 6.32. The van der Waals surface area contributed by atoms with E-state index in [1.54, 1.807) is 23.5 Å². The van der Waals surface area contributed by atoms with Crippen LogP contribution in [-0.4, -0.2) is 67.7 Å². The first-order chi connectivity index (χ1) is 21.5. The van der Waals surface area contributed by atoms with Gasteiger partial charge in [-0.25, -0.2) is 14.6 Å². The fourth-order valence-electron chi connectivity index (χ4n) is 6.31. The van der Waals surface area contributed by atoms with Gasteiger partial charge in [-0.3, -0.25) is 19.5 Å². The number of amides is 2. The summed E-state index contributed by atoms with van der Waals surface area (Å²) in [5.41, 5.74) is 6.47. The van der Waals surface area contributed by atoms with Crippen LogP contribution < -0.4 is 4.90 Å². The van der Waals surface area contributed by atoms with Gasteiger partial charge < -0.3 is 9.64 Å². The molecule has 6 heterocycles. The first-order valence-corrected chi connectivity index (χ1v) is 16.8. The molecule has 44 heavy (non-hydrogen) atoms. The topological polar surface area (TPSA) is 106 Å². The zero-order chi connectivity index (χ0) is 31.4. The molecule has 3 aliphatic heterocycles. The van der Waals surface area contributed by atoms with Crippen molar-refractivity contribution in [1.82, 2.24) is 29.6 Å². The molecule has 1 aromatic carbocycles. The number of carbonyl (C=O) groups is 2. The molecule has 3 aromatic heterocycles. The van der Waals surface area contributed by atoms with Crippen molar-refractivity contribution < 1.29 is 14.3 Å². The quantitative estimate of drug-likeness (QED) is 0.245. The summed E-state index contributed by atoms with van der Waals surface area (Å²) in [7, 11) is 0. The molecule has 3 fully saturated rings. The molecule has 4 aliphatic rings. The molecule has 3 atom stereocenters. The minimum absolute atomic E-state index is 0.0782. The van der Waals surface area contributed by atoms with E-state index in [-0.39, 0.29) is 18.0 Å². The molecule has 0 radical (unpaired) electrons. The van der Waals surface area contributed by atoms with Crippen LogP contribution in [0.5, 0.6) is 0 Å². The van der Waals surface area contributed by atoms with E-state index in [2.05, 4.69) is 20.0 Å². The summed E-state index contributed by atoms with van der Waals surface area (Å²) in [6.07, 6.45) is 4.92. The number of fused-ring (bicyclic) bond motifs is 3. The van der Waals surface area contributed by atoms with E-state index < -0.39 is 0 Å². The maximum atomic E-state index is 12.7. The summed E-state index contributed by atoms with van der Waals surface area (Å²) in [4.78, 5) is 42.7. The third-order valence-corrected chi connectivity index (χ3v) is 9.21. The summed E-state index contributed by atoms with van der Waals surface area (Å²) < 4.78 is 7.86. The lowest BCUT2D eigenvalue weighted by molar-refractivity contribution is -0.0371. The van der Waals surface area contributed by atoms with Crippen LogP contribution in [0.4, 0.5) is 5.82 Å². The Balaban J connectivity index is 0.000000336. The Hall–Kier alpha value is -3.70. The Morgan fingerprint density at radius 1 is 0.955 bits per heavy atom. The number of benzene rings is 1. The van der Waals surface area contributed by atoms with Crippen LogP contribution in [0.3, 0.4) is 0 Å². The maximum Gasteiger partial charge on any atom is 0.261 e. The van der Waals surface area contributed by atoms with E-state index in [9.17, 15) is 9.59 Å². The van der Waals surface area contributed by atoms with Gasteiger partial charge in [0.05, 0.1) is 28.5 Å². The lowest BCUT2D eigenvalue weighted by Gasteiger charge is -2.24. The fraction of sp³-hybridized carbons (Fsp3) is 0.515. The fourth-order valence-corrected chi connectivity index (χ4v) is 6.85. The summed E-state index contributed by atoms with van der Waals surface area (Å²) in [5.74, 6) is 1.83. The molecule has 10 nitrogen and oxygen atoms in total. The number of thiazole rings is 1. The van der Waals surface area contributed by atoms with Crippen molar-refractivity contribution in [1.29, 1.82) is 0 Å². The third-order valence-electron chi connectivity index (χ3n) is 8.51. The highest BCUT2D eigenvalue weighted by atomic mass is 32.1. The van der Waals surface area contributed by atoms with Gasteiger partial charge in [0.2, 0.25) is 0 Å². The average Bonchev–Trinajstić information content (AvgIpc) is 3.57. The van der Waals surface area contributed by atoms with Gasteiger partial charge in [-0.2, -0.15) is 5.10 Å². The molecular weight excluding hydrogens is 574 g/mol. The van der Waals surface area contributed by atoms with Crippen molar-refractivity contribution in [2.24, 2.45) is 17.8 Å². The molecule has 4 aromatic rings. The number of carbonyl (C=O) groups excluding carboxylic acids is 2. The Labute approximate surface area is 263 Å². The molecule has 234 valence electrons. The molecule has 1 aliphatic carbocycles. The van der Waals surface area contributed by atoms with Crippen molar-refractivity contribution in [2.45, 2.75) is 67.0 Å².